The number of hydrogen-bond donors (Lipinski definition) is 1. The largest absolute Gasteiger partial charge is 0.403 e. The lowest BCUT2D eigenvalue weighted by molar-refractivity contribution is -0.496. The summed E-state index contributed by atoms with van der Waals surface area (Å²) in [4.78, 5) is 18.7. The van der Waals surface area contributed by atoms with Gasteiger partial charge in [-0.3, -0.25) is 4.79 Å². The smallest absolute Gasteiger partial charge is 0.266 e. The molecule has 0 unspecified atom stereocenters. The van der Waals surface area contributed by atoms with E-state index >= 15 is 0 Å². The van der Waals surface area contributed by atoms with Crippen molar-refractivity contribution in [2.24, 2.45) is 7.05 Å². The van der Waals surface area contributed by atoms with E-state index in [4.69, 9.17) is 16.6 Å². The van der Waals surface area contributed by atoms with Crippen LogP contribution >= 0.6 is 11.6 Å². The van der Waals surface area contributed by atoms with Gasteiger partial charge in [0.2, 0.25) is 5.65 Å². The minimum Gasteiger partial charge on any atom is -0.266 e. The van der Waals surface area contributed by atoms with Gasteiger partial charge >= 0.3 is 5.95 Å². The fourth-order valence-corrected chi connectivity index (χ4v) is 4.47. The average molecular weight is 453 g/mol. The van der Waals surface area contributed by atoms with Crippen molar-refractivity contribution in [3.63, 3.8) is 0 Å². The minimum atomic E-state index is -0.113. The van der Waals surface area contributed by atoms with Crippen LogP contribution in [0.1, 0.15) is 0 Å². The number of pyridine rings is 1. The number of halogens is 1. The van der Waals surface area contributed by atoms with Crippen molar-refractivity contribution in [1.82, 2.24) is 14.3 Å². The van der Waals surface area contributed by atoms with E-state index in [-0.39, 0.29) is 5.56 Å². The van der Waals surface area contributed by atoms with Crippen molar-refractivity contribution in [2.45, 2.75) is 0 Å². The van der Waals surface area contributed by atoms with Crippen LogP contribution in [0.4, 0.5) is 11.6 Å². The van der Waals surface area contributed by atoms with E-state index in [1.54, 1.807) is 4.68 Å². The highest BCUT2D eigenvalue weighted by molar-refractivity contribution is 6.30. The molecule has 3 heterocycles. The molecule has 3 aromatic carbocycles. The van der Waals surface area contributed by atoms with Crippen molar-refractivity contribution in [2.75, 3.05) is 5.32 Å². The zero-order valence-electron chi connectivity index (χ0n) is 17.7. The first-order valence-corrected chi connectivity index (χ1v) is 10.9. The molecule has 0 bridgehead atoms. The Hall–Kier alpha value is -4.16. The van der Waals surface area contributed by atoms with Gasteiger partial charge in [0.25, 0.3) is 5.56 Å². The highest BCUT2D eigenvalue weighted by Crippen LogP contribution is 2.25. The number of para-hydroxylation sites is 1. The molecule has 33 heavy (non-hydrogen) atoms. The molecule has 160 valence electrons. The molecule has 6 aromatic rings. The first-order valence-electron chi connectivity index (χ1n) is 10.5. The maximum atomic E-state index is 13.8. The molecule has 0 aliphatic heterocycles. The summed E-state index contributed by atoms with van der Waals surface area (Å²) in [5, 5.41) is 6.66. The highest BCUT2D eigenvalue weighted by atomic mass is 35.5. The Bertz CT molecular complexity index is 1720. The molecule has 0 fully saturated rings. The lowest BCUT2D eigenvalue weighted by atomic mass is 10.1. The number of aromatic nitrogens is 4. The number of anilines is 2. The summed E-state index contributed by atoms with van der Waals surface area (Å²) < 4.78 is 5.41. The van der Waals surface area contributed by atoms with Crippen LogP contribution in [0.5, 0.6) is 0 Å². The predicted octanol–water partition coefficient (Wildman–Crippen LogP) is 5.01. The Morgan fingerprint density at radius 3 is 2.42 bits per heavy atom. The van der Waals surface area contributed by atoms with Crippen LogP contribution in [0.3, 0.4) is 0 Å². The van der Waals surface area contributed by atoms with Crippen LogP contribution in [-0.4, -0.2) is 14.3 Å². The molecule has 0 radical (unpaired) electrons. The van der Waals surface area contributed by atoms with Crippen LogP contribution in [0, 0.1) is 0 Å². The van der Waals surface area contributed by atoms with Crippen LogP contribution in [0.25, 0.3) is 33.0 Å². The van der Waals surface area contributed by atoms with Gasteiger partial charge in [-0.25, -0.2) is 19.1 Å². The van der Waals surface area contributed by atoms with Gasteiger partial charge in [0.1, 0.15) is 10.9 Å². The van der Waals surface area contributed by atoms with Gasteiger partial charge in [-0.2, -0.15) is 0 Å². The molecule has 3 aromatic heterocycles. The van der Waals surface area contributed by atoms with Gasteiger partial charge in [-0.1, -0.05) is 54.1 Å². The SMILES string of the molecule is Cn1c2nc(Nc3ccc(Cl)cc3)[n+]3ccc4ccccc4c3c2c(=O)n1-c1ccccc1. The first-order chi connectivity index (χ1) is 16.1. The lowest BCUT2D eigenvalue weighted by Gasteiger charge is -2.07. The Morgan fingerprint density at radius 1 is 0.909 bits per heavy atom. The fourth-order valence-electron chi connectivity index (χ4n) is 4.34. The van der Waals surface area contributed by atoms with E-state index in [9.17, 15) is 4.79 Å². The second-order valence-corrected chi connectivity index (χ2v) is 8.30. The van der Waals surface area contributed by atoms with Gasteiger partial charge < -0.3 is 0 Å². The van der Waals surface area contributed by atoms with Crippen LogP contribution < -0.4 is 15.3 Å². The summed E-state index contributed by atoms with van der Waals surface area (Å²) in [6.07, 6.45) is 1.95. The Balaban J connectivity index is 1.75. The molecule has 0 amide bonds. The number of benzene rings is 3. The maximum Gasteiger partial charge on any atom is 0.403 e. The topological polar surface area (TPSA) is 56.0 Å². The minimum absolute atomic E-state index is 0.113. The molecular weight excluding hydrogens is 434 g/mol. The van der Waals surface area contributed by atoms with Crippen LogP contribution in [-0.2, 0) is 7.05 Å². The second-order valence-electron chi connectivity index (χ2n) is 7.86. The van der Waals surface area contributed by atoms with Crippen molar-refractivity contribution in [3.05, 3.63) is 107 Å². The summed E-state index contributed by atoms with van der Waals surface area (Å²) in [5.74, 6) is 0.603. The molecule has 6 nitrogen and oxygen atoms in total. The number of fused-ring (bicyclic) bond motifs is 5. The third kappa shape index (κ3) is 3.07. The molecule has 0 spiro atoms. The third-order valence-corrected chi connectivity index (χ3v) is 6.13. The van der Waals surface area contributed by atoms with Crippen LogP contribution in [0.2, 0.25) is 5.02 Å². The molecule has 0 saturated heterocycles. The second kappa shape index (κ2) is 7.46. The number of aryl methyl sites for hydroxylation is 1. The van der Waals surface area contributed by atoms with Gasteiger partial charge in [0.05, 0.1) is 17.6 Å². The zero-order valence-corrected chi connectivity index (χ0v) is 18.5. The molecule has 0 aliphatic rings. The summed E-state index contributed by atoms with van der Waals surface area (Å²) in [6, 6.07) is 27.2. The number of hydrogen-bond acceptors (Lipinski definition) is 3. The summed E-state index contributed by atoms with van der Waals surface area (Å²) >= 11 is 6.06. The van der Waals surface area contributed by atoms with Crippen molar-refractivity contribution in [1.29, 1.82) is 0 Å². The summed E-state index contributed by atoms with van der Waals surface area (Å²) in [6.45, 7) is 0. The molecule has 1 N–H and O–H groups in total. The quantitative estimate of drug-likeness (QED) is 0.303. The first kappa shape index (κ1) is 19.5. The van der Waals surface area contributed by atoms with Gasteiger partial charge in [-0.05, 0) is 52.8 Å². The van der Waals surface area contributed by atoms with Gasteiger partial charge in [0, 0.05) is 17.5 Å². The van der Waals surface area contributed by atoms with E-state index in [0.717, 1.165) is 27.7 Å². The third-order valence-electron chi connectivity index (χ3n) is 5.87. The van der Waals surface area contributed by atoms with E-state index in [0.29, 0.717) is 22.0 Å². The fraction of sp³-hybridized carbons (Fsp3) is 0.0385. The standard InChI is InChI=1S/C26H18ClN5O/c1-30-24-22(25(33)32(30)20-8-3-2-4-9-20)23-21-10-6-5-7-17(21)15-16-31(23)26(29-24)28-19-13-11-18(27)12-14-19/h2-16H,1H3/p+1. The summed E-state index contributed by atoms with van der Waals surface area (Å²) in [7, 11) is 1.86. The molecule has 6 rings (SSSR count). The van der Waals surface area contributed by atoms with E-state index in [1.807, 2.05) is 107 Å². The normalized spacial score (nSPS) is 11.5. The Labute approximate surface area is 193 Å². The molecule has 0 aliphatic carbocycles. The summed E-state index contributed by atoms with van der Waals surface area (Å²) in [5.41, 5.74) is 2.92. The van der Waals surface area contributed by atoms with Gasteiger partial charge in [-0.15, -0.1) is 0 Å². The Kier molecular flexibility index (Phi) is 4.41. The molecular formula is C26H19ClN5O+. The average Bonchev–Trinajstić information content (AvgIpc) is 3.10. The Morgan fingerprint density at radius 2 is 1.64 bits per heavy atom. The number of rotatable bonds is 3. The molecule has 0 saturated carbocycles. The van der Waals surface area contributed by atoms with E-state index in [2.05, 4.69) is 5.32 Å². The number of nitrogens with one attached hydrogen (secondary N) is 1. The monoisotopic (exact) mass is 452 g/mol. The number of nitrogens with zero attached hydrogens (tertiary/aromatic N) is 4. The highest BCUT2D eigenvalue weighted by Gasteiger charge is 2.25. The van der Waals surface area contributed by atoms with Crippen molar-refractivity contribution in [3.8, 4) is 5.69 Å². The van der Waals surface area contributed by atoms with Crippen molar-refractivity contribution < 1.29 is 4.40 Å². The van der Waals surface area contributed by atoms with E-state index < -0.39 is 0 Å². The van der Waals surface area contributed by atoms with Crippen LogP contribution in [0.15, 0.2) is 95.9 Å². The van der Waals surface area contributed by atoms with Crippen molar-refractivity contribution >= 4 is 50.6 Å². The van der Waals surface area contributed by atoms with Gasteiger partial charge in [0.15, 0.2) is 0 Å². The van der Waals surface area contributed by atoms with E-state index in [1.165, 1.54) is 0 Å². The zero-order chi connectivity index (χ0) is 22.5. The molecule has 7 heteroatoms. The lowest BCUT2D eigenvalue weighted by Crippen LogP contribution is -2.28. The molecule has 0 atom stereocenters. The predicted molar refractivity (Wildman–Crippen MR) is 132 cm³/mol. The maximum absolute atomic E-state index is 13.8.